The van der Waals surface area contributed by atoms with Crippen molar-refractivity contribution in [2.24, 2.45) is 0 Å². The summed E-state index contributed by atoms with van der Waals surface area (Å²) in [5.74, 6) is 0.0335. The Morgan fingerprint density at radius 2 is 2.00 bits per heavy atom. The molecule has 0 saturated carbocycles. The number of benzene rings is 1. The summed E-state index contributed by atoms with van der Waals surface area (Å²) < 4.78 is -0.419. The molecule has 0 saturated heterocycles. The average Bonchev–Trinajstić information content (AvgIpc) is 2.87. The van der Waals surface area contributed by atoms with Crippen molar-refractivity contribution in [3.63, 3.8) is 0 Å². The summed E-state index contributed by atoms with van der Waals surface area (Å²) in [7, 11) is 0. The van der Waals surface area contributed by atoms with Gasteiger partial charge in [-0.25, -0.2) is 0 Å². The van der Waals surface area contributed by atoms with E-state index in [-0.39, 0.29) is 11.5 Å². The number of carbonyl (C=O) groups excluding carboxylic acids is 1. The lowest BCUT2D eigenvalue weighted by Crippen LogP contribution is -2.27. The smallest absolute Gasteiger partial charge is 0.270 e. The van der Waals surface area contributed by atoms with Gasteiger partial charge in [-0.15, -0.1) is 11.8 Å². The third-order valence-corrected chi connectivity index (χ3v) is 4.68. The van der Waals surface area contributed by atoms with Crippen LogP contribution in [0.15, 0.2) is 35.2 Å². The lowest BCUT2D eigenvalue weighted by molar-refractivity contribution is -0.384. The molecule has 1 aliphatic carbocycles. The Bertz CT molecular complexity index is 557. The van der Waals surface area contributed by atoms with Crippen LogP contribution in [0.1, 0.15) is 23.2 Å². The van der Waals surface area contributed by atoms with Gasteiger partial charge in [0.1, 0.15) is 0 Å². The van der Waals surface area contributed by atoms with Crippen LogP contribution in [0.25, 0.3) is 0 Å². The van der Waals surface area contributed by atoms with Gasteiger partial charge in [-0.05, 0) is 18.9 Å². The van der Waals surface area contributed by atoms with Crippen LogP contribution in [0.4, 0.5) is 5.69 Å². The van der Waals surface area contributed by atoms with Gasteiger partial charge in [0, 0.05) is 22.6 Å². The predicted octanol–water partition coefficient (Wildman–Crippen LogP) is 2.97. The molecule has 3 rings (SSSR count). The molecule has 0 aromatic heterocycles. The standard InChI is InChI=1S/C12H9NO3S/c14-11-9-7-8(13(15)16)3-4-10(9)17-12(11)5-1-2-6-12/h1-4,7H,5-6H2. The molecule has 0 atom stereocenters. The number of carbonyl (C=O) groups is 1. The van der Waals surface area contributed by atoms with Crippen molar-refractivity contribution in [1.82, 2.24) is 0 Å². The van der Waals surface area contributed by atoms with Crippen molar-refractivity contribution >= 4 is 23.2 Å². The molecule has 0 bridgehead atoms. The quantitative estimate of drug-likeness (QED) is 0.435. The molecule has 1 aromatic rings. The van der Waals surface area contributed by atoms with Crippen LogP contribution in [-0.2, 0) is 0 Å². The fourth-order valence-corrected chi connectivity index (χ4v) is 3.68. The summed E-state index contributed by atoms with van der Waals surface area (Å²) >= 11 is 1.54. The summed E-state index contributed by atoms with van der Waals surface area (Å²) in [4.78, 5) is 23.4. The maximum atomic E-state index is 12.3. The van der Waals surface area contributed by atoms with E-state index in [1.54, 1.807) is 6.07 Å². The summed E-state index contributed by atoms with van der Waals surface area (Å²) in [6.07, 6.45) is 5.45. The van der Waals surface area contributed by atoms with E-state index in [4.69, 9.17) is 0 Å². The molecule has 1 aromatic carbocycles. The van der Waals surface area contributed by atoms with E-state index < -0.39 is 9.67 Å². The van der Waals surface area contributed by atoms with Gasteiger partial charge in [-0.1, -0.05) is 12.2 Å². The monoisotopic (exact) mass is 247 g/mol. The van der Waals surface area contributed by atoms with E-state index in [1.165, 1.54) is 23.9 Å². The zero-order chi connectivity index (χ0) is 12.0. The Morgan fingerprint density at radius 1 is 1.29 bits per heavy atom. The number of rotatable bonds is 1. The number of ketones is 1. The summed E-state index contributed by atoms with van der Waals surface area (Å²) in [5.41, 5.74) is 0.494. The van der Waals surface area contributed by atoms with Crippen molar-refractivity contribution in [1.29, 1.82) is 0 Å². The van der Waals surface area contributed by atoms with E-state index in [9.17, 15) is 14.9 Å². The van der Waals surface area contributed by atoms with E-state index in [1.807, 2.05) is 12.2 Å². The predicted molar refractivity (Wildman–Crippen MR) is 64.4 cm³/mol. The van der Waals surface area contributed by atoms with E-state index in [0.29, 0.717) is 5.56 Å². The molecule has 4 nitrogen and oxygen atoms in total. The fraction of sp³-hybridized carbons (Fsp3) is 0.250. The highest BCUT2D eigenvalue weighted by molar-refractivity contribution is 8.02. The number of nitro groups is 1. The Morgan fingerprint density at radius 3 is 2.65 bits per heavy atom. The maximum absolute atomic E-state index is 12.3. The number of non-ortho nitro benzene ring substituents is 1. The second-order valence-corrected chi connectivity index (χ2v) is 5.67. The van der Waals surface area contributed by atoms with Crippen LogP contribution in [0.5, 0.6) is 0 Å². The van der Waals surface area contributed by atoms with Crippen molar-refractivity contribution in [2.45, 2.75) is 22.5 Å². The first-order valence-corrected chi connectivity index (χ1v) is 6.11. The molecule has 0 N–H and O–H groups in total. The third-order valence-electron chi connectivity index (χ3n) is 3.20. The van der Waals surface area contributed by atoms with Crippen LogP contribution in [-0.4, -0.2) is 15.5 Å². The van der Waals surface area contributed by atoms with Crippen molar-refractivity contribution in [2.75, 3.05) is 0 Å². The minimum Gasteiger partial charge on any atom is -0.293 e. The zero-order valence-corrected chi connectivity index (χ0v) is 9.70. The highest BCUT2D eigenvalue weighted by Gasteiger charge is 2.47. The number of nitrogens with zero attached hydrogens (tertiary/aromatic N) is 1. The van der Waals surface area contributed by atoms with Crippen LogP contribution in [0, 0.1) is 10.1 Å². The molecule has 17 heavy (non-hydrogen) atoms. The molecule has 1 spiro atoms. The van der Waals surface area contributed by atoms with E-state index in [0.717, 1.165) is 17.7 Å². The molecular formula is C12H9NO3S. The van der Waals surface area contributed by atoms with Gasteiger partial charge < -0.3 is 0 Å². The van der Waals surface area contributed by atoms with Crippen LogP contribution >= 0.6 is 11.8 Å². The second kappa shape index (κ2) is 3.43. The number of allylic oxidation sites excluding steroid dienone is 2. The number of Topliss-reactive ketones (excluding diaryl/α,β-unsaturated/α-hetero) is 1. The second-order valence-electron chi connectivity index (χ2n) is 4.24. The molecule has 5 heteroatoms. The van der Waals surface area contributed by atoms with Crippen LogP contribution in [0.3, 0.4) is 0 Å². The zero-order valence-electron chi connectivity index (χ0n) is 8.88. The molecule has 1 aliphatic heterocycles. The number of hydrogen-bond acceptors (Lipinski definition) is 4. The summed E-state index contributed by atoms with van der Waals surface area (Å²) in [5, 5.41) is 10.7. The molecule has 86 valence electrons. The highest BCUT2D eigenvalue weighted by atomic mass is 32.2. The first-order valence-electron chi connectivity index (χ1n) is 5.30. The SMILES string of the molecule is O=C1c2cc([N+](=O)[O-])ccc2SC12CC=CC2. The van der Waals surface area contributed by atoms with Gasteiger partial charge in [0.05, 0.1) is 9.67 Å². The Hall–Kier alpha value is -1.62. The van der Waals surface area contributed by atoms with Crippen molar-refractivity contribution < 1.29 is 9.72 Å². The fourth-order valence-electron chi connectivity index (χ4n) is 2.30. The van der Waals surface area contributed by atoms with Gasteiger partial charge in [0.15, 0.2) is 5.78 Å². The molecule has 1 heterocycles. The largest absolute Gasteiger partial charge is 0.293 e. The molecule has 0 amide bonds. The van der Waals surface area contributed by atoms with Crippen LogP contribution in [0.2, 0.25) is 0 Å². The Balaban J connectivity index is 2.06. The van der Waals surface area contributed by atoms with Gasteiger partial charge in [0.2, 0.25) is 0 Å². The van der Waals surface area contributed by atoms with Crippen molar-refractivity contribution in [3.8, 4) is 0 Å². The minimum absolute atomic E-state index is 0.0132. The van der Waals surface area contributed by atoms with E-state index >= 15 is 0 Å². The molecular weight excluding hydrogens is 238 g/mol. The van der Waals surface area contributed by atoms with Gasteiger partial charge in [-0.2, -0.15) is 0 Å². The summed E-state index contributed by atoms with van der Waals surface area (Å²) in [6, 6.07) is 4.54. The third kappa shape index (κ3) is 1.42. The van der Waals surface area contributed by atoms with Crippen LogP contribution < -0.4 is 0 Å². The Kier molecular flexibility index (Phi) is 2.13. The minimum atomic E-state index is -0.462. The number of thioether (sulfide) groups is 1. The highest BCUT2D eigenvalue weighted by Crippen LogP contribution is 2.51. The van der Waals surface area contributed by atoms with Gasteiger partial charge >= 0.3 is 0 Å². The normalized spacial score (nSPS) is 19.9. The molecule has 0 unspecified atom stereocenters. The lowest BCUT2D eigenvalue weighted by atomic mass is 9.95. The van der Waals surface area contributed by atoms with Gasteiger partial charge in [-0.3, -0.25) is 14.9 Å². The van der Waals surface area contributed by atoms with Gasteiger partial charge in [0.25, 0.3) is 5.69 Å². The lowest BCUT2D eigenvalue weighted by Gasteiger charge is -2.18. The average molecular weight is 247 g/mol. The first kappa shape index (κ1) is 10.5. The molecule has 0 fully saturated rings. The topological polar surface area (TPSA) is 60.2 Å². The maximum Gasteiger partial charge on any atom is 0.270 e. The summed E-state index contributed by atoms with van der Waals surface area (Å²) in [6.45, 7) is 0. The number of hydrogen-bond donors (Lipinski definition) is 0. The first-order chi connectivity index (χ1) is 8.12. The Labute approximate surface area is 102 Å². The van der Waals surface area contributed by atoms with E-state index in [2.05, 4.69) is 0 Å². The number of nitro benzene ring substituents is 1. The molecule has 0 radical (unpaired) electrons. The van der Waals surface area contributed by atoms with Crippen molar-refractivity contribution in [3.05, 3.63) is 46.0 Å². The number of fused-ring (bicyclic) bond motifs is 1. The molecule has 2 aliphatic rings.